The Labute approximate surface area is 114 Å². The molecule has 0 aromatic rings. The van der Waals surface area contributed by atoms with Crippen LogP contribution in [0.2, 0.25) is 0 Å². The topological polar surface area (TPSA) is 42.4 Å². The van der Waals surface area contributed by atoms with Gasteiger partial charge in [0.05, 0.1) is 12.9 Å². The SMILES string of the molecule is C#CCN1C(=C)C=C(N=CN(C)C)N(N(C)C)C1=O. The van der Waals surface area contributed by atoms with Crippen LogP contribution in [0.5, 0.6) is 0 Å². The molecule has 0 saturated carbocycles. The monoisotopic (exact) mass is 261 g/mol. The van der Waals surface area contributed by atoms with Crippen LogP contribution < -0.4 is 0 Å². The van der Waals surface area contributed by atoms with Crippen molar-refractivity contribution in [3.63, 3.8) is 0 Å². The van der Waals surface area contributed by atoms with E-state index in [1.165, 1.54) is 9.91 Å². The van der Waals surface area contributed by atoms with Gasteiger partial charge in [0.1, 0.15) is 0 Å². The summed E-state index contributed by atoms with van der Waals surface area (Å²) >= 11 is 0. The Morgan fingerprint density at radius 3 is 2.58 bits per heavy atom. The molecule has 0 unspecified atom stereocenters. The molecule has 102 valence electrons. The number of allylic oxidation sites excluding steroid dienone is 1. The average Bonchev–Trinajstić information content (AvgIpc) is 2.30. The third-order valence-electron chi connectivity index (χ3n) is 2.34. The Hall–Kier alpha value is -2.26. The molecule has 1 heterocycles. The Bertz CT molecular complexity index is 470. The quantitative estimate of drug-likeness (QED) is 0.427. The molecule has 0 N–H and O–H groups in total. The van der Waals surface area contributed by atoms with Gasteiger partial charge >= 0.3 is 6.03 Å². The van der Waals surface area contributed by atoms with Crippen molar-refractivity contribution in [1.29, 1.82) is 0 Å². The maximum absolute atomic E-state index is 12.3. The molecule has 0 saturated heterocycles. The lowest BCUT2D eigenvalue weighted by molar-refractivity contribution is 0.0714. The van der Waals surface area contributed by atoms with Crippen molar-refractivity contribution in [2.45, 2.75) is 0 Å². The number of carbonyl (C=O) groups is 1. The number of aliphatic imine (C=N–C) groups is 1. The van der Waals surface area contributed by atoms with Gasteiger partial charge in [-0.1, -0.05) is 12.5 Å². The van der Waals surface area contributed by atoms with Crippen molar-refractivity contribution in [3.8, 4) is 12.3 Å². The number of terminal acetylenes is 1. The van der Waals surface area contributed by atoms with Crippen molar-refractivity contribution >= 4 is 12.4 Å². The molecule has 0 spiro atoms. The molecule has 0 fully saturated rings. The number of hydrogen-bond acceptors (Lipinski definition) is 3. The zero-order valence-corrected chi connectivity index (χ0v) is 11.8. The van der Waals surface area contributed by atoms with Gasteiger partial charge in [-0.05, 0) is 0 Å². The molecule has 0 aromatic carbocycles. The molecule has 1 aliphatic heterocycles. The maximum Gasteiger partial charge on any atom is 0.345 e. The molecule has 19 heavy (non-hydrogen) atoms. The van der Waals surface area contributed by atoms with Gasteiger partial charge < -0.3 is 4.90 Å². The first kappa shape index (κ1) is 14.8. The molecular formula is C13H19N5O. The van der Waals surface area contributed by atoms with E-state index in [0.29, 0.717) is 11.5 Å². The van der Waals surface area contributed by atoms with Gasteiger partial charge in [0.15, 0.2) is 5.82 Å². The van der Waals surface area contributed by atoms with Crippen LogP contribution in [0.1, 0.15) is 0 Å². The Balaban J connectivity index is 3.14. The summed E-state index contributed by atoms with van der Waals surface area (Å²) in [5.74, 6) is 2.95. The summed E-state index contributed by atoms with van der Waals surface area (Å²) < 4.78 is 0. The van der Waals surface area contributed by atoms with Gasteiger partial charge in [-0.3, -0.25) is 4.90 Å². The minimum Gasteiger partial charge on any atom is -0.369 e. The smallest absolute Gasteiger partial charge is 0.345 e. The predicted molar refractivity (Wildman–Crippen MR) is 75.9 cm³/mol. The zero-order valence-electron chi connectivity index (χ0n) is 11.8. The number of carbonyl (C=O) groups excluding carboxylic acids is 1. The number of hydrogen-bond donors (Lipinski definition) is 0. The lowest BCUT2D eigenvalue weighted by Gasteiger charge is -2.37. The molecule has 1 rings (SSSR count). The van der Waals surface area contributed by atoms with Crippen LogP contribution in [0, 0.1) is 12.3 Å². The van der Waals surface area contributed by atoms with Crippen molar-refractivity contribution in [3.05, 3.63) is 24.2 Å². The second-order valence-corrected chi connectivity index (χ2v) is 4.43. The summed E-state index contributed by atoms with van der Waals surface area (Å²) in [6.07, 6.45) is 8.61. The third kappa shape index (κ3) is 3.36. The molecule has 0 atom stereocenters. The van der Waals surface area contributed by atoms with Crippen LogP contribution in [-0.4, -0.2) is 66.9 Å². The Morgan fingerprint density at radius 1 is 1.47 bits per heavy atom. The van der Waals surface area contributed by atoms with E-state index in [9.17, 15) is 4.79 Å². The summed E-state index contributed by atoms with van der Waals surface area (Å²) in [5, 5.41) is 3.09. The lowest BCUT2D eigenvalue weighted by atomic mass is 10.3. The van der Waals surface area contributed by atoms with Gasteiger partial charge in [-0.15, -0.1) is 6.42 Å². The Morgan fingerprint density at radius 2 is 2.11 bits per heavy atom. The van der Waals surface area contributed by atoms with E-state index < -0.39 is 0 Å². The summed E-state index contributed by atoms with van der Waals surface area (Å²) in [5.41, 5.74) is 0.534. The molecule has 6 nitrogen and oxygen atoms in total. The molecule has 0 aliphatic carbocycles. The fourth-order valence-electron chi connectivity index (χ4n) is 1.53. The molecule has 1 aliphatic rings. The van der Waals surface area contributed by atoms with Crippen LogP contribution in [0.15, 0.2) is 29.2 Å². The van der Waals surface area contributed by atoms with Crippen molar-refractivity contribution in [2.24, 2.45) is 4.99 Å². The normalized spacial score (nSPS) is 16.1. The first-order chi connectivity index (χ1) is 8.88. The molecular weight excluding hydrogens is 242 g/mol. The number of hydrazine groups is 1. The van der Waals surface area contributed by atoms with E-state index >= 15 is 0 Å². The number of amides is 2. The van der Waals surface area contributed by atoms with Gasteiger partial charge in [0.25, 0.3) is 0 Å². The van der Waals surface area contributed by atoms with Crippen LogP contribution in [-0.2, 0) is 0 Å². The fourth-order valence-corrected chi connectivity index (χ4v) is 1.53. The molecule has 2 amide bonds. The highest BCUT2D eigenvalue weighted by molar-refractivity contribution is 5.81. The van der Waals surface area contributed by atoms with Crippen LogP contribution in [0.3, 0.4) is 0 Å². The number of nitrogens with zero attached hydrogens (tertiary/aromatic N) is 5. The minimum atomic E-state index is -0.263. The molecule has 0 radical (unpaired) electrons. The molecule has 0 bridgehead atoms. The van der Waals surface area contributed by atoms with E-state index in [4.69, 9.17) is 6.42 Å². The van der Waals surface area contributed by atoms with Crippen LogP contribution >= 0.6 is 0 Å². The van der Waals surface area contributed by atoms with E-state index in [2.05, 4.69) is 17.5 Å². The Kier molecular flexibility index (Phi) is 4.73. The minimum absolute atomic E-state index is 0.184. The zero-order chi connectivity index (χ0) is 14.6. The van der Waals surface area contributed by atoms with E-state index in [1.807, 2.05) is 14.1 Å². The van der Waals surface area contributed by atoms with Crippen molar-refractivity contribution in [1.82, 2.24) is 19.8 Å². The third-order valence-corrected chi connectivity index (χ3v) is 2.34. The second kappa shape index (κ2) is 6.07. The standard InChI is InChI=1S/C13H19N5O/c1-7-8-17-11(2)9-12(14-10-15(3)4)18(13(17)19)16(5)6/h1,9-10H,2,8H2,3-6H3. The van der Waals surface area contributed by atoms with E-state index in [1.54, 1.807) is 36.4 Å². The summed E-state index contributed by atoms with van der Waals surface area (Å²) in [6, 6.07) is -0.263. The number of rotatable bonds is 4. The average molecular weight is 261 g/mol. The fraction of sp³-hybridized carbons (Fsp3) is 0.385. The summed E-state index contributed by atoms with van der Waals surface area (Å²) in [6.45, 7) is 4.02. The predicted octanol–water partition coefficient (Wildman–Crippen LogP) is 0.779. The van der Waals surface area contributed by atoms with Crippen LogP contribution in [0.4, 0.5) is 4.79 Å². The highest BCUT2D eigenvalue weighted by atomic mass is 16.2. The largest absolute Gasteiger partial charge is 0.369 e. The summed E-state index contributed by atoms with van der Waals surface area (Å²) in [7, 11) is 7.24. The van der Waals surface area contributed by atoms with Gasteiger partial charge in [0, 0.05) is 40.0 Å². The van der Waals surface area contributed by atoms with Gasteiger partial charge in [0.2, 0.25) is 0 Å². The molecule has 6 heteroatoms. The van der Waals surface area contributed by atoms with Crippen molar-refractivity contribution < 1.29 is 4.79 Å². The lowest BCUT2D eigenvalue weighted by Crippen LogP contribution is -2.50. The maximum atomic E-state index is 12.3. The highest BCUT2D eigenvalue weighted by Gasteiger charge is 2.31. The number of urea groups is 1. The summed E-state index contributed by atoms with van der Waals surface area (Å²) in [4.78, 5) is 19.8. The molecule has 0 aromatic heterocycles. The van der Waals surface area contributed by atoms with Gasteiger partial charge in [-0.25, -0.2) is 19.8 Å². The first-order valence-corrected chi connectivity index (χ1v) is 5.72. The van der Waals surface area contributed by atoms with E-state index in [-0.39, 0.29) is 12.6 Å². The van der Waals surface area contributed by atoms with E-state index in [0.717, 1.165) is 0 Å². The van der Waals surface area contributed by atoms with Crippen LogP contribution in [0.25, 0.3) is 0 Å². The second-order valence-electron chi connectivity index (χ2n) is 4.43. The first-order valence-electron chi connectivity index (χ1n) is 5.72. The van der Waals surface area contributed by atoms with Gasteiger partial charge in [-0.2, -0.15) is 0 Å². The van der Waals surface area contributed by atoms with Crippen molar-refractivity contribution in [2.75, 3.05) is 34.7 Å². The highest BCUT2D eigenvalue weighted by Crippen LogP contribution is 2.22.